The van der Waals surface area contributed by atoms with Gasteiger partial charge in [0.25, 0.3) is 0 Å². The van der Waals surface area contributed by atoms with Crippen LogP contribution < -0.4 is 5.32 Å². The number of thioether (sulfide) groups is 1. The van der Waals surface area contributed by atoms with E-state index in [9.17, 15) is 5.26 Å². The van der Waals surface area contributed by atoms with Gasteiger partial charge in [-0.15, -0.1) is 0 Å². The van der Waals surface area contributed by atoms with Crippen LogP contribution in [0.15, 0.2) is 0 Å². The first-order valence-corrected chi connectivity index (χ1v) is 8.55. The second-order valence-corrected chi connectivity index (χ2v) is 6.95. The molecule has 0 aliphatic carbocycles. The minimum atomic E-state index is -0.343. The average molecular weight is 284 g/mol. The van der Waals surface area contributed by atoms with Crippen molar-refractivity contribution in [2.45, 2.75) is 69.8 Å². The van der Waals surface area contributed by atoms with Gasteiger partial charge in [-0.25, -0.2) is 0 Å². The molecule has 4 heteroatoms. The van der Waals surface area contributed by atoms with Gasteiger partial charge in [0.2, 0.25) is 0 Å². The molecule has 3 atom stereocenters. The Kier molecular flexibility index (Phi) is 7.82. The third-order valence-corrected chi connectivity index (χ3v) is 5.29. The molecule has 3 unspecified atom stereocenters. The first-order chi connectivity index (χ1) is 9.11. The van der Waals surface area contributed by atoms with E-state index in [2.05, 4.69) is 25.2 Å². The van der Waals surface area contributed by atoms with Crippen LogP contribution in [0.3, 0.4) is 0 Å². The second-order valence-electron chi connectivity index (χ2n) is 5.60. The smallest absolute Gasteiger partial charge is 0.103 e. The van der Waals surface area contributed by atoms with Gasteiger partial charge in [0.15, 0.2) is 0 Å². The molecule has 0 amide bonds. The Balaban J connectivity index is 2.10. The summed E-state index contributed by atoms with van der Waals surface area (Å²) in [4.78, 5) is 0. The summed E-state index contributed by atoms with van der Waals surface area (Å²) in [5, 5.41) is 13.3. The average Bonchev–Trinajstić information content (AvgIpc) is 2.82. The van der Waals surface area contributed by atoms with E-state index in [0.717, 1.165) is 32.4 Å². The number of hydrogen-bond donors (Lipinski definition) is 1. The molecule has 1 fully saturated rings. The largest absolute Gasteiger partial charge is 0.377 e. The van der Waals surface area contributed by atoms with Crippen LogP contribution in [0.1, 0.15) is 52.9 Å². The highest BCUT2D eigenvalue weighted by Gasteiger charge is 2.25. The van der Waals surface area contributed by atoms with Gasteiger partial charge in [0, 0.05) is 11.9 Å². The van der Waals surface area contributed by atoms with Gasteiger partial charge < -0.3 is 4.74 Å². The Morgan fingerprint density at radius 3 is 2.84 bits per heavy atom. The Hall–Kier alpha value is -0.240. The van der Waals surface area contributed by atoms with Crippen LogP contribution in [0.5, 0.6) is 0 Å². The lowest BCUT2D eigenvalue weighted by Crippen LogP contribution is -2.41. The monoisotopic (exact) mass is 284 g/mol. The van der Waals surface area contributed by atoms with Gasteiger partial charge in [-0.2, -0.15) is 17.0 Å². The van der Waals surface area contributed by atoms with E-state index in [1.807, 2.05) is 18.7 Å². The first kappa shape index (κ1) is 16.8. The molecule has 19 heavy (non-hydrogen) atoms. The van der Waals surface area contributed by atoms with Crippen molar-refractivity contribution in [3.8, 4) is 6.07 Å². The van der Waals surface area contributed by atoms with Crippen LogP contribution in [-0.4, -0.2) is 35.8 Å². The first-order valence-electron chi connectivity index (χ1n) is 7.51. The quantitative estimate of drug-likeness (QED) is 0.660. The number of nitriles is 1. The molecule has 0 aromatic carbocycles. The van der Waals surface area contributed by atoms with Gasteiger partial charge in [-0.1, -0.05) is 6.92 Å². The van der Waals surface area contributed by atoms with Crippen molar-refractivity contribution in [1.82, 2.24) is 5.32 Å². The van der Waals surface area contributed by atoms with Crippen LogP contribution in [0, 0.1) is 11.3 Å². The zero-order valence-corrected chi connectivity index (χ0v) is 13.4. The maximum atomic E-state index is 9.24. The Labute approximate surface area is 122 Å². The van der Waals surface area contributed by atoms with Crippen molar-refractivity contribution in [2.24, 2.45) is 0 Å². The third kappa shape index (κ3) is 6.16. The van der Waals surface area contributed by atoms with E-state index in [-0.39, 0.29) is 5.54 Å². The fourth-order valence-corrected chi connectivity index (χ4v) is 3.62. The summed E-state index contributed by atoms with van der Waals surface area (Å²) in [5.41, 5.74) is -0.343. The maximum Gasteiger partial charge on any atom is 0.103 e. The molecule has 1 aliphatic rings. The molecule has 110 valence electrons. The maximum absolute atomic E-state index is 9.24. The van der Waals surface area contributed by atoms with Crippen LogP contribution in [0.2, 0.25) is 0 Å². The van der Waals surface area contributed by atoms with E-state index in [1.54, 1.807) is 0 Å². The lowest BCUT2D eigenvalue weighted by Gasteiger charge is -2.23. The van der Waals surface area contributed by atoms with E-state index < -0.39 is 0 Å². The number of hydrogen-bond acceptors (Lipinski definition) is 4. The molecule has 0 aromatic rings. The van der Waals surface area contributed by atoms with E-state index in [1.165, 1.54) is 18.6 Å². The molecule has 0 radical (unpaired) electrons. The summed E-state index contributed by atoms with van der Waals surface area (Å²) in [5.74, 6) is 1.19. The predicted octanol–water partition coefficient (Wildman–Crippen LogP) is 3.35. The van der Waals surface area contributed by atoms with Crippen molar-refractivity contribution in [1.29, 1.82) is 5.26 Å². The van der Waals surface area contributed by atoms with Crippen molar-refractivity contribution in [3.05, 3.63) is 0 Å². The molecule has 1 N–H and O–H groups in total. The lowest BCUT2D eigenvalue weighted by atomic mass is 9.96. The Bertz CT molecular complexity index is 292. The predicted molar refractivity (Wildman–Crippen MR) is 82.4 cm³/mol. The SMILES string of the molecule is CCCNC(C)(C#N)CCCCSC1CCOC1C. The summed E-state index contributed by atoms with van der Waals surface area (Å²) in [6.07, 6.45) is 5.95. The lowest BCUT2D eigenvalue weighted by molar-refractivity contribution is 0.127. The van der Waals surface area contributed by atoms with Crippen molar-refractivity contribution >= 4 is 11.8 Å². The standard InChI is InChI=1S/C15H28N2OS/c1-4-9-17-15(3,12-16)8-5-6-11-19-14-7-10-18-13(14)2/h13-14,17H,4-11H2,1-3H3. The normalized spacial score (nSPS) is 26.0. The van der Waals surface area contributed by atoms with Gasteiger partial charge in [0.05, 0.1) is 12.2 Å². The molecule has 3 nitrogen and oxygen atoms in total. The molecule has 1 rings (SSSR count). The van der Waals surface area contributed by atoms with E-state index >= 15 is 0 Å². The summed E-state index contributed by atoms with van der Waals surface area (Å²) in [6, 6.07) is 2.41. The summed E-state index contributed by atoms with van der Waals surface area (Å²) >= 11 is 2.04. The Morgan fingerprint density at radius 2 is 2.26 bits per heavy atom. The molecule has 0 aromatic heterocycles. The summed E-state index contributed by atoms with van der Waals surface area (Å²) in [7, 11) is 0. The number of nitrogens with one attached hydrogen (secondary N) is 1. The third-order valence-electron chi connectivity index (χ3n) is 3.72. The number of unbranched alkanes of at least 4 members (excludes halogenated alkanes) is 1. The molecule has 1 saturated heterocycles. The Morgan fingerprint density at radius 1 is 1.47 bits per heavy atom. The second kappa shape index (κ2) is 8.84. The van der Waals surface area contributed by atoms with Gasteiger partial charge in [0.1, 0.15) is 5.54 Å². The van der Waals surface area contributed by atoms with Crippen molar-refractivity contribution in [2.75, 3.05) is 18.9 Å². The van der Waals surface area contributed by atoms with Gasteiger partial charge >= 0.3 is 0 Å². The zero-order chi connectivity index (χ0) is 14.1. The fourth-order valence-electron chi connectivity index (χ4n) is 2.33. The molecule has 1 heterocycles. The minimum absolute atomic E-state index is 0.343. The van der Waals surface area contributed by atoms with Gasteiger partial charge in [-0.05, 0) is 58.2 Å². The van der Waals surface area contributed by atoms with Crippen LogP contribution in [0.4, 0.5) is 0 Å². The molecule has 0 spiro atoms. The van der Waals surface area contributed by atoms with E-state index in [0.29, 0.717) is 11.4 Å². The van der Waals surface area contributed by atoms with Gasteiger partial charge in [-0.3, -0.25) is 5.32 Å². The van der Waals surface area contributed by atoms with Crippen LogP contribution >= 0.6 is 11.8 Å². The number of rotatable bonds is 9. The summed E-state index contributed by atoms with van der Waals surface area (Å²) < 4.78 is 5.56. The fraction of sp³-hybridized carbons (Fsp3) is 0.933. The van der Waals surface area contributed by atoms with Crippen molar-refractivity contribution in [3.63, 3.8) is 0 Å². The topological polar surface area (TPSA) is 45.0 Å². The van der Waals surface area contributed by atoms with Crippen LogP contribution in [0.25, 0.3) is 0 Å². The highest BCUT2D eigenvalue weighted by molar-refractivity contribution is 7.99. The van der Waals surface area contributed by atoms with E-state index in [4.69, 9.17) is 4.74 Å². The molecule has 0 saturated carbocycles. The van der Waals surface area contributed by atoms with Crippen LogP contribution in [-0.2, 0) is 4.74 Å². The number of ether oxygens (including phenoxy) is 1. The summed E-state index contributed by atoms with van der Waals surface area (Å²) in [6.45, 7) is 8.17. The zero-order valence-electron chi connectivity index (χ0n) is 12.6. The van der Waals surface area contributed by atoms with Crippen molar-refractivity contribution < 1.29 is 4.74 Å². The molecule has 1 aliphatic heterocycles. The molecular weight excluding hydrogens is 256 g/mol. The number of nitrogens with zero attached hydrogens (tertiary/aromatic N) is 1. The molecule has 0 bridgehead atoms. The minimum Gasteiger partial charge on any atom is -0.377 e. The molecular formula is C15H28N2OS. The highest BCUT2D eigenvalue weighted by atomic mass is 32.2. The highest BCUT2D eigenvalue weighted by Crippen LogP contribution is 2.27.